The van der Waals surface area contributed by atoms with Crippen LogP contribution in [0.25, 0.3) is 4.98 Å². The minimum absolute atomic E-state index is 0. The standard InChI is InChI=1S/C29H30N5Si.Li/c1-34(2)35(3,32-28(24-16-8-4-9-17-24)30-26-20-12-6-13-21-26)33-29(25-18-10-5-11-19-25)31-27-22-14-7-15-23-27;/h4-23H,1-3H3,(H-,30,31,32,33);/q-1;+1. The van der Waals surface area contributed by atoms with Gasteiger partial charge in [0.1, 0.15) is 5.84 Å². The summed E-state index contributed by atoms with van der Waals surface area (Å²) in [5.74, 6) is 1.48. The van der Waals surface area contributed by atoms with Crippen LogP contribution in [0.2, 0.25) is 6.55 Å². The second-order valence-electron chi connectivity index (χ2n) is 8.45. The molecular weight excluding hydrogens is 453 g/mol. The molecule has 0 unspecified atom stereocenters. The Labute approximate surface area is 227 Å². The minimum Gasteiger partial charge on any atom is -0.441 e. The van der Waals surface area contributed by atoms with Crippen LogP contribution in [0.3, 0.4) is 0 Å². The Morgan fingerprint density at radius 2 is 1.06 bits per heavy atom. The van der Waals surface area contributed by atoms with Crippen LogP contribution in [-0.2, 0) is 0 Å². The summed E-state index contributed by atoms with van der Waals surface area (Å²) in [6.07, 6.45) is 0. The Bertz CT molecular complexity index is 1170. The Balaban J connectivity index is 0.00000361. The van der Waals surface area contributed by atoms with E-state index in [9.17, 15) is 0 Å². The third kappa shape index (κ3) is 7.30. The third-order valence-corrected chi connectivity index (χ3v) is 8.72. The maximum absolute atomic E-state index is 5.30. The molecule has 0 saturated heterocycles. The molecule has 0 radical (unpaired) electrons. The molecule has 4 aromatic carbocycles. The third-order valence-electron chi connectivity index (χ3n) is 5.62. The summed E-state index contributed by atoms with van der Waals surface area (Å²) in [4.78, 5) is 19.0. The van der Waals surface area contributed by atoms with E-state index >= 15 is 0 Å². The second kappa shape index (κ2) is 13.1. The Morgan fingerprint density at radius 3 is 1.53 bits per heavy atom. The molecule has 5 nitrogen and oxygen atoms in total. The van der Waals surface area contributed by atoms with Crippen molar-refractivity contribution in [2.45, 2.75) is 6.55 Å². The van der Waals surface area contributed by atoms with Crippen molar-refractivity contribution in [3.8, 4) is 0 Å². The molecule has 4 rings (SSSR count). The number of para-hydroxylation sites is 2. The van der Waals surface area contributed by atoms with Crippen LogP contribution >= 0.6 is 0 Å². The van der Waals surface area contributed by atoms with E-state index in [4.69, 9.17) is 15.0 Å². The first-order chi connectivity index (χ1) is 17.0. The Kier molecular flexibility index (Phi) is 9.86. The van der Waals surface area contributed by atoms with Gasteiger partial charge in [0.15, 0.2) is 0 Å². The zero-order valence-electron chi connectivity index (χ0n) is 21.3. The molecule has 0 heterocycles. The average Bonchev–Trinajstić information content (AvgIpc) is 2.90. The van der Waals surface area contributed by atoms with Crippen LogP contribution in [0.5, 0.6) is 0 Å². The van der Waals surface area contributed by atoms with Crippen LogP contribution in [0.4, 0.5) is 11.4 Å². The average molecular weight is 484 g/mol. The van der Waals surface area contributed by atoms with Crippen molar-refractivity contribution < 1.29 is 18.9 Å². The largest absolute Gasteiger partial charge is 1.00 e. The fourth-order valence-electron chi connectivity index (χ4n) is 3.43. The maximum Gasteiger partial charge on any atom is 1.00 e. The summed E-state index contributed by atoms with van der Waals surface area (Å²) in [7, 11) is 1.43. The summed E-state index contributed by atoms with van der Waals surface area (Å²) in [6, 6.07) is 40.3. The number of hydrogen-bond acceptors (Lipinski definition) is 3. The van der Waals surface area contributed by atoms with Gasteiger partial charge in [0, 0.05) is 5.56 Å². The number of benzene rings is 4. The monoisotopic (exact) mass is 483 g/mol. The van der Waals surface area contributed by atoms with Gasteiger partial charge in [0.2, 0.25) is 8.56 Å². The molecule has 0 saturated carbocycles. The molecule has 0 fully saturated rings. The number of amidine groups is 2. The number of nitrogens with one attached hydrogen (secondary N) is 1. The van der Waals surface area contributed by atoms with Gasteiger partial charge >= 0.3 is 18.9 Å². The van der Waals surface area contributed by atoms with Crippen LogP contribution in [-0.4, -0.2) is 38.9 Å². The zero-order chi connectivity index (χ0) is 24.5. The molecule has 176 valence electrons. The molecule has 0 aromatic heterocycles. The van der Waals surface area contributed by atoms with Gasteiger partial charge in [-0.1, -0.05) is 115 Å². The molecule has 1 N–H and O–H groups in total. The van der Waals surface area contributed by atoms with Gasteiger partial charge in [0.05, 0.1) is 5.69 Å². The molecule has 0 aliphatic heterocycles. The van der Waals surface area contributed by atoms with Crippen molar-refractivity contribution in [3.63, 3.8) is 0 Å². The van der Waals surface area contributed by atoms with E-state index in [1.54, 1.807) is 0 Å². The zero-order valence-corrected chi connectivity index (χ0v) is 22.3. The Morgan fingerprint density at radius 1 is 0.639 bits per heavy atom. The number of aliphatic imine (C=N–C) groups is 2. The normalized spacial score (nSPS) is 13.4. The first kappa shape index (κ1) is 27.2. The molecule has 36 heavy (non-hydrogen) atoms. The maximum atomic E-state index is 5.30. The molecule has 0 aliphatic rings. The van der Waals surface area contributed by atoms with Gasteiger partial charge in [-0.15, -0.1) is 0 Å². The molecule has 1 atom stereocenters. The summed E-state index contributed by atoms with van der Waals surface area (Å²) in [5.41, 5.74) is 3.73. The van der Waals surface area contributed by atoms with Gasteiger partial charge in [0.25, 0.3) is 0 Å². The first-order valence-corrected chi connectivity index (χ1v) is 14.0. The van der Waals surface area contributed by atoms with E-state index in [0.29, 0.717) is 5.84 Å². The fraction of sp³-hybridized carbons (Fsp3) is 0.103. The van der Waals surface area contributed by atoms with E-state index in [1.807, 2.05) is 109 Å². The number of rotatable bonds is 7. The second-order valence-corrected chi connectivity index (χ2v) is 11.9. The quantitative estimate of drug-likeness (QED) is 0.248. The SMILES string of the molecule is CN(C)[Si@](C)([N-]C(=Nc1ccccc1)c1ccccc1)NC(=Nc1ccccc1)c1ccccc1.[Li+]. The van der Waals surface area contributed by atoms with E-state index in [1.165, 1.54) is 0 Å². The topological polar surface area (TPSA) is 54.1 Å². The van der Waals surface area contributed by atoms with Gasteiger partial charge in [-0.05, 0) is 44.0 Å². The van der Waals surface area contributed by atoms with Crippen molar-refractivity contribution in [1.29, 1.82) is 0 Å². The van der Waals surface area contributed by atoms with Crippen molar-refractivity contribution >= 4 is 31.6 Å². The first-order valence-electron chi connectivity index (χ1n) is 11.6. The molecule has 0 bridgehead atoms. The Hall–Kier alpha value is -3.41. The molecule has 0 amide bonds. The van der Waals surface area contributed by atoms with Gasteiger partial charge in [-0.3, -0.25) is 0 Å². The van der Waals surface area contributed by atoms with Crippen molar-refractivity contribution in [2.75, 3.05) is 14.1 Å². The fourth-order valence-corrected chi connectivity index (χ4v) is 5.15. The summed E-state index contributed by atoms with van der Waals surface area (Å²) < 4.78 is 2.17. The summed E-state index contributed by atoms with van der Waals surface area (Å²) in [5, 5.41) is 0. The predicted octanol–water partition coefficient (Wildman–Crippen LogP) is 3.64. The van der Waals surface area contributed by atoms with E-state index in [0.717, 1.165) is 28.3 Å². The van der Waals surface area contributed by atoms with E-state index < -0.39 is 8.56 Å². The molecule has 0 spiro atoms. The van der Waals surface area contributed by atoms with Crippen molar-refractivity contribution in [3.05, 3.63) is 137 Å². The minimum atomic E-state index is -2.68. The van der Waals surface area contributed by atoms with Crippen molar-refractivity contribution in [2.24, 2.45) is 9.98 Å². The molecule has 0 aliphatic carbocycles. The van der Waals surface area contributed by atoms with Crippen LogP contribution in [0, 0.1) is 0 Å². The smallest absolute Gasteiger partial charge is 0.441 e. The molecular formula is C29H30LiN5Si. The molecule has 7 heteroatoms. The van der Waals surface area contributed by atoms with Crippen LogP contribution in [0.1, 0.15) is 11.1 Å². The molecule has 4 aromatic rings. The number of hydrogen-bond donors (Lipinski definition) is 1. The van der Waals surface area contributed by atoms with Crippen LogP contribution in [0.15, 0.2) is 131 Å². The van der Waals surface area contributed by atoms with Gasteiger partial charge in [-0.2, -0.15) is 0 Å². The summed E-state index contributed by atoms with van der Waals surface area (Å²) in [6.45, 7) is 2.17. The predicted molar refractivity (Wildman–Crippen MR) is 150 cm³/mol. The van der Waals surface area contributed by atoms with Gasteiger partial charge < -0.3 is 19.5 Å². The summed E-state index contributed by atoms with van der Waals surface area (Å²) >= 11 is 0. The van der Waals surface area contributed by atoms with E-state index in [2.05, 4.69) is 42.3 Å². The van der Waals surface area contributed by atoms with E-state index in [-0.39, 0.29) is 18.9 Å². The van der Waals surface area contributed by atoms with Crippen molar-refractivity contribution in [1.82, 2.24) is 9.55 Å². The number of nitrogens with zero attached hydrogens (tertiary/aromatic N) is 4. The van der Waals surface area contributed by atoms with Crippen LogP contribution < -0.4 is 23.8 Å². The van der Waals surface area contributed by atoms with Gasteiger partial charge in [-0.25, -0.2) is 4.99 Å².